The molecule has 0 aliphatic heterocycles. The van der Waals surface area contributed by atoms with Gasteiger partial charge in [0.15, 0.2) is 6.61 Å². The molecular weight excluding hydrogens is 426 g/mol. The van der Waals surface area contributed by atoms with Gasteiger partial charge in [0.1, 0.15) is 10.6 Å². The van der Waals surface area contributed by atoms with Crippen molar-refractivity contribution in [1.82, 2.24) is 4.90 Å². The van der Waals surface area contributed by atoms with Gasteiger partial charge in [-0.3, -0.25) is 9.59 Å². The summed E-state index contributed by atoms with van der Waals surface area (Å²) in [6.07, 6.45) is 0. The second-order valence-corrected chi connectivity index (χ2v) is 8.18. The van der Waals surface area contributed by atoms with Gasteiger partial charge in [0, 0.05) is 12.7 Å². The lowest BCUT2D eigenvalue weighted by Gasteiger charge is -2.17. The fourth-order valence-corrected chi connectivity index (χ4v) is 3.21. The summed E-state index contributed by atoms with van der Waals surface area (Å²) in [5, 5.41) is 7.77. The molecule has 0 fully saturated rings. The monoisotopic (exact) mass is 449 g/mol. The van der Waals surface area contributed by atoms with E-state index in [0.29, 0.717) is 5.69 Å². The number of carbonyl (C=O) groups is 3. The van der Waals surface area contributed by atoms with Gasteiger partial charge >= 0.3 is 5.97 Å². The van der Waals surface area contributed by atoms with Crippen LogP contribution in [-0.2, 0) is 24.3 Å². The average Bonchev–Trinajstić information content (AvgIpc) is 2.72. The van der Waals surface area contributed by atoms with Gasteiger partial charge in [0.2, 0.25) is 15.9 Å². The van der Waals surface area contributed by atoms with Crippen molar-refractivity contribution in [2.75, 3.05) is 32.6 Å². The fourth-order valence-electron chi connectivity index (χ4n) is 2.49. The molecule has 10 nitrogen and oxygen atoms in total. The number of hydrogen-bond donors (Lipinski definition) is 2. The highest BCUT2D eigenvalue weighted by Gasteiger charge is 2.20. The highest BCUT2D eigenvalue weighted by molar-refractivity contribution is 7.89. The number of aryl methyl sites for hydroxylation is 1. The third kappa shape index (κ3) is 6.79. The van der Waals surface area contributed by atoms with Crippen LogP contribution in [0, 0.1) is 6.92 Å². The predicted octanol–water partition coefficient (Wildman–Crippen LogP) is 0.905. The molecule has 2 aromatic rings. The summed E-state index contributed by atoms with van der Waals surface area (Å²) in [7, 11) is -1.50. The van der Waals surface area contributed by atoms with Gasteiger partial charge < -0.3 is 19.7 Å². The van der Waals surface area contributed by atoms with Crippen LogP contribution in [-0.4, -0.2) is 58.4 Å². The number of likely N-dealkylation sites (N-methyl/N-ethyl adjacent to an activating group) is 1. The molecule has 0 aliphatic rings. The van der Waals surface area contributed by atoms with Gasteiger partial charge in [-0.1, -0.05) is 17.7 Å². The number of ether oxygens (including phenoxy) is 2. The van der Waals surface area contributed by atoms with E-state index in [4.69, 9.17) is 14.6 Å². The van der Waals surface area contributed by atoms with E-state index in [0.717, 1.165) is 16.5 Å². The van der Waals surface area contributed by atoms with Gasteiger partial charge in [-0.25, -0.2) is 18.4 Å². The van der Waals surface area contributed by atoms with Gasteiger partial charge in [-0.2, -0.15) is 0 Å². The van der Waals surface area contributed by atoms with Crippen molar-refractivity contribution >= 4 is 33.5 Å². The molecule has 0 saturated heterocycles. The molecule has 0 aliphatic carbocycles. The largest absolute Gasteiger partial charge is 0.495 e. The van der Waals surface area contributed by atoms with Crippen LogP contribution < -0.4 is 15.2 Å². The summed E-state index contributed by atoms with van der Waals surface area (Å²) >= 11 is 0. The number of anilines is 1. The molecule has 0 radical (unpaired) electrons. The third-order valence-corrected chi connectivity index (χ3v) is 5.11. The maximum absolute atomic E-state index is 12.2. The number of sulfonamides is 1. The number of esters is 1. The standard InChI is InChI=1S/C20H23N3O7S/c1-13-4-7-15(8-5-13)22-18(24)11-23(2)19(25)12-30-20(26)14-6-9-16(29-3)17(10-14)31(21,27)28/h4-10H,11-12H2,1-3H3,(H,22,24)(H2,21,27,28). The number of carbonyl (C=O) groups excluding carboxylic acids is 3. The first kappa shape index (κ1) is 23.8. The molecular formula is C20H23N3O7S. The minimum atomic E-state index is -4.14. The topological polar surface area (TPSA) is 145 Å². The van der Waals surface area contributed by atoms with Crippen LogP contribution in [0.4, 0.5) is 5.69 Å². The van der Waals surface area contributed by atoms with Crippen molar-refractivity contribution in [3.8, 4) is 5.75 Å². The van der Waals surface area contributed by atoms with E-state index < -0.39 is 34.4 Å². The third-order valence-electron chi connectivity index (χ3n) is 4.17. The molecule has 2 rings (SSSR count). The van der Waals surface area contributed by atoms with Crippen molar-refractivity contribution in [2.24, 2.45) is 5.14 Å². The second kappa shape index (κ2) is 10.0. The van der Waals surface area contributed by atoms with E-state index in [1.54, 1.807) is 12.1 Å². The first-order valence-electron chi connectivity index (χ1n) is 8.99. The maximum atomic E-state index is 12.2. The fraction of sp³-hybridized carbons (Fsp3) is 0.250. The Balaban J connectivity index is 1.93. The normalized spacial score (nSPS) is 10.8. The molecule has 0 atom stereocenters. The smallest absolute Gasteiger partial charge is 0.338 e. The van der Waals surface area contributed by atoms with E-state index in [9.17, 15) is 22.8 Å². The molecule has 166 valence electrons. The van der Waals surface area contributed by atoms with Crippen molar-refractivity contribution < 1.29 is 32.3 Å². The Morgan fingerprint density at radius 1 is 1.10 bits per heavy atom. The molecule has 31 heavy (non-hydrogen) atoms. The molecule has 0 bridgehead atoms. The molecule has 2 amide bonds. The second-order valence-electron chi connectivity index (χ2n) is 6.65. The average molecular weight is 449 g/mol. The minimum Gasteiger partial charge on any atom is -0.495 e. The highest BCUT2D eigenvalue weighted by atomic mass is 32.2. The quantitative estimate of drug-likeness (QED) is 0.570. The number of rotatable bonds is 8. The van der Waals surface area contributed by atoms with E-state index >= 15 is 0 Å². The molecule has 0 unspecified atom stereocenters. The molecule has 11 heteroatoms. The lowest BCUT2D eigenvalue weighted by atomic mass is 10.2. The number of amides is 2. The number of nitrogens with one attached hydrogen (secondary N) is 1. The van der Waals surface area contributed by atoms with Crippen LogP contribution in [0.15, 0.2) is 47.4 Å². The number of primary sulfonamides is 1. The van der Waals surface area contributed by atoms with Gasteiger partial charge in [-0.05, 0) is 37.3 Å². The Morgan fingerprint density at radius 2 is 1.74 bits per heavy atom. The van der Waals surface area contributed by atoms with Gasteiger partial charge in [-0.15, -0.1) is 0 Å². The number of hydrogen-bond acceptors (Lipinski definition) is 7. The van der Waals surface area contributed by atoms with Crippen LogP contribution in [0.5, 0.6) is 5.75 Å². The summed E-state index contributed by atoms with van der Waals surface area (Å²) in [6, 6.07) is 10.7. The zero-order valence-electron chi connectivity index (χ0n) is 17.2. The highest BCUT2D eigenvalue weighted by Crippen LogP contribution is 2.24. The SMILES string of the molecule is COc1ccc(C(=O)OCC(=O)N(C)CC(=O)Nc2ccc(C)cc2)cc1S(N)(=O)=O. The van der Waals surface area contributed by atoms with Crippen LogP contribution in [0.1, 0.15) is 15.9 Å². The van der Waals surface area contributed by atoms with Crippen molar-refractivity contribution in [1.29, 1.82) is 0 Å². The Kier molecular flexibility index (Phi) is 7.72. The zero-order valence-corrected chi connectivity index (χ0v) is 18.1. The summed E-state index contributed by atoms with van der Waals surface area (Å²) in [4.78, 5) is 37.1. The Morgan fingerprint density at radius 3 is 2.32 bits per heavy atom. The van der Waals surface area contributed by atoms with Gasteiger partial charge in [0.25, 0.3) is 5.91 Å². The van der Waals surface area contributed by atoms with E-state index in [-0.39, 0.29) is 22.8 Å². The van der Waals surface area contributed by atoms with Crippen LogP contribution in [0.25, 0.3) is 0 Å². The molecule has 0 heterocycles. The lowest BCUT2D eigenvalue weighted by molar-refractivity contribution is -0.136. The number of nitrogens with zero attached hydrogens (tertiary/aromatic N) is 1. The summed E-state index contributed by atoms with van der Waals surface area (Å²) in [5.74, 6) is -2.00. The first-order valence-corrected chi connectivity index (χ1v) is 10.5. The Bertz CT molecular complexity index is 1080. The summed E-state index contributed by atoms with van der Waals surface area (Å²) < 4.78 is 33.1. The van der Waals surface area contributed by atoms with Crippen LogP contribution >= 0.6 is 0 Å². The molecule has 3 N–H and O–H groups in total. The molecule has 0 spiro atoms. The molecule has 0 saturated carbocycles. The van der Waals surface area contributed by atoms with Crippen LogP contribution in [0.2, 0.25) is 0 Å². The first-order chi connectivity index (χ1) is 14.5. The zero-order chi connectivity index (χ0) is 23.2. The minimum absolute atomic E-state index is 0.0329. The number of benzene rings is 2. The molecule has 2 aromatic carbocycles. The number of nitrogens with two attached hydrogens (primary N) is 1. The maximum Gasteiger partial charge on any atom is 0.338 e. The van der Waals surface area contributed by atoms with Crippen LogP contribution in [0.3, 0.4) is 0 Å². The molecule has 0 aromatic heterocycles. The van der Waals surface area contributed by atoms with Crippen molar-refractivity contribution in [3.63, 3.8) is 0 Å². The van der Waals surface area contributed by atoms with Gasteiger partial charge in [0.05, 0.1) is 19.2 Å². The van der Waals surface area contributed by atoms with E-state index in [1.165, 1.54) is 26.3 Å². The van der Waals surface area contributed by atoms with E-state index in [2.05, 4.69) is 5.32 Å². The Labute approximate surface area is 180 Å². The summed E-state index contributed by atoms with van der Waals surface area (Å²) in [5.41, 5.74) is 1.51. The Hall–Kier alpha value is -3.44. The van der Waals surface area contributed by atoms with Crippen molar-refractivity contribution in [3.05, 3.63) is 53.6 Å². The number of methoxy groups -OCH3 is 1. The van der Waals surface area contributed by atoms with E-state index in [1.807, 2.05) is 19.1 Å². The lowest BCUT2D eigenvalue weighted by Crippen LogP contribution is -2.37. The summed E-state index contributed by atoms with van der Waals surface area (Å²) in [6.45, 7) is 1.04. The van der Waals surface area contributed by atoms with Crippen molar-refractivity contribution in [2.45, 2.75) is 11.8 Å². The predicted molar refractivity (Wildman–Crippen MR) is 112 cm³/mol.